The van der Waals surface area contributed by atoms with Gasteiger partial charge in [-0.2, -0.15) is 0 Å². The molecule has 0 saturated heterocycles. The number of fused-ring (bicyclic) bond motifs is 10. The van der Waals surface area contributed by atoms with Crippen molar-refractivity contribution in [1.82, 2.24) is 4.57 Å². The Hall–Kier alpha value is -7.16. The van der Waals surface area contributed by atoms with Crippen LogP contribution >= 0.6 is 0 Å². The fourth-order valence-corrected chi connectivity index (χ4v) is 9.89. The normalized spacial score (nSPS) is 13.2. The van der Waals surface area contributed by atoms with Crippen LogP contribution in [0.2, 0.25) is 0 Å². The molecule has 0 saturated carbocycles. The highest BCUT2D eigenvalue weighted by molar-refractivity contribution is 6.11. The van der Waals surface area contributed by atoms with E-state index in [4.69, 9.17) is 0 Å². The third-order valence-corrected chi connectivity index (χ3v) is 12.1. The second kappa shape index (κ2) is 11.4. The third kappa shape index (κ3) is 4.14. The SMILES string of the molecule is c1ccc(-c2cccc(N(c3ccc4c(c3)C3(c5ccccc5-4)c4cccc5cccc3c45)c3ccc4c5ccccc5n(-c5ccccc5)c4c3)c2)cc1. The molecule has 0 N–H and O–H groups in total. The first-order chi connectivity index (χ1) is 27.3. The van der Waals surface area contributed by atoms with Crippen molar-refractivity contribution in [3.05, 3.63) is 229 Å². The van der Waals surface area contributed by atoms with Crippen LogP contribution in [-0.2, 0) is 5.41 Å². The van der Waals surface area contributed by atoms with Gasteiger partial charge in [0.1, 0.15) is 0 Å². The second-order valence-electron chi connectivity index (χ2n) is 14.9. The number of aromatic nitrogens is 1. The number of rotatable bonds is 5. The predicted octanol–water partition coefficient (Wildman–Crippen LogP) is 13.8. The van der Waals surface area contributed by atoms with E-state index in [1.165, 1.54) is 77.1 Å². The van der Waals surface area contributed by atoms with Gasteiger partial charge >= 0.3 is 0 Å². The van der Waals surface area contributed by atoms with Crippen LogP contribution in [0.3, 0.4) is 0 Å². The molecule has 2 aliphatic carbocycles. The van der Waals surface area contributed by atoms with Crippen LogP contribution < -0.4 is 4.90 Å². The molecule has 0 unspecified atom stereocenters. The maximum atomic E-state index is 2.48. The first kappa shape index (κ1) is 30.3. The highest BCUT2D eigenvalue weighted by Crippen LogP contribution is 2.64. The van der Waals surface area contributed by atoms with E-state index in [-0.39, 0.29) is 5.41 Å². The van der Waals surface area contributed by atoms with Crippen molar-refractivity contribution in [2.45, 2.75) is 5.41 Å². The molecule has 1 heterocycles. The Morgan fingerprint density at radius 2 is 0.964 bits per heavy atom. The Morgan fingerprint density at radius 1 is 0.364 bits per heavy atom. The first-order valence-electron chi connectivity index (χ1n) is 19.1. The summed E-state index contributed by atoms with van der Waals surface area (Å²) < 4.78 is 2.41. The Balaban J connectivity index is 1.12. The minimum atomic E-state index is -0.320. The lowest BCUT2D eigenvalue weighted by Gasteiger charge is -2.43. The molecule has 1 spiro atoms. The molecule has 0 aliphatic heterocycles. The molecule has 0 bridgehead atoms. The summed E-state index contributed by atoms with van der Waals surface area (Å²) in [6.07, 6.45) is 0. The summed E-state index contributed by atoms with van der Waals surface area (Å²) in [5.74, 6) is 0. The third-order valence-electron chi connectivity index (χ3n) is 12.1. The average molecular weight is 699 g/mol. The lowest BCUT2D eigenvalue weighted by atomic mass is 9.58. The summed E-state index contributed by atoms with van der Waals surface area (Å²) in [5.41, 5.74) is 17.1. The van der Waals surface area contributed by atoms with Gasteiger partial charge in [-0.1, -0.05) is 152 Å². The molecule has 2 nitrogen and oxygen atoms in total. The summed E-state index contributed by atoms with van der Waals surface area (Å²) in [6, 6.07) is 76.1. The number of para-hydroxylation sites is 2. The topological polar surface area (TPSA) is 8.17 Å². The van der Waals surface area contributed by atoms with Crippen molar-refractivity contribution in [3.8, 4) is 27.9 Å². The van der Waals surface area contributed by atoms with Crippen molar-refractivity contribution in [1.29, 1.82) is 0 Å². The van der Waals surface area contributed by atoms with Crippen molar-refractivity contribution < 1.29 is 0 Å². The second-order valence-corrected chi connectivity index (χ2v) is 14.9. The highest BCUT2D eigenvalue weighted by atomic mass is 15.1. The smallest absolute Gasteiger partial charge is 0.0726 e. The zero-order chi connectivity index (χ0) is 36.1. The standard InChI is InChI=1S/C53H34N2/c1-3-14-35(15-4-1)37-18-11-21-39(32-37)54(41-29-31-45-44-23-8-10-27-50(44)55(51(45)34-41)38-19-5-2-6-20-38)40-28-30-43-42-22-7-9-24-46(42)53(49(43)33-40)47-25-12-16-36-17-13-26-48(53)52(36)47/h1-34H. The zero-order valence-corrected chi connectivity index (χ0v) is 30.0. The molecule has 0 atom stereocenters. The first-order valence-corrected chi connectivity index (χ1v) is 19.1. The molecule has 0 amide bonds. The monoisotopic (exact) mass is 698 g/mol. The Morgan fingerprint density at radius 3 is 1.80 bits per heavy atom. The Bertz CT molecular complexity index is 3120. The number of hydrogen-bond acceptors (Lipinski definition) is 1. The summed E-state index contributed by atoms with van der Waals surface area (Å²) in [6.45, 7) is 0. The summed E-state index contributed by atoms with van der Waals surface area (Å²) in [4.78, 5) is 2.46. The molecule has 10 aromatic rings. The Labute approximate surface area is 319 Å². The largest absolute Gasteiger partial charge is 0.310 e. The van der Waals surface area contributed by atoms with Gasteiger partial charge in [-0.25, -0.2) is 0 Å². The van der Waals surface area contributed by atoms with Crippen LogP contribution in [-0.4, -0.2) is 4.57 Å². The molecule has 1 aromatic heterocycles. The highest BCUT2D eigenvalue weighted by Gasteiger charge is 2.53. The van der Waals surface area contributed by atoms with E-state index in [1.54, 1.807) is 0 Å². The zero-order valence-electron chi connectivity index (χ0n) is 30.0. The number of anilines is 3. The Kier molecular flexibility index (Phi) is 6.29. The molecule has 256 valence electrons. The fourth-order valence-electron chi connectivity index (χ4n) is 9.89. The van der Waals surface area contributed by atoms with Crippen LogP contribution in [0.5, 0.6) is 0 Å². The summed E-state index contributed by atoms with van der Waals surface area (Å²) >= 11 is 0. The van der Waals surface area contributed by atoms with Gasteiger partial charge in [-0.15, -0.1) is 0 Å². The van der Waals surface area contributed by atoms with Gasteiger partial charge in [-0.05, 0) is 110 Å². The van der Waals surface area contributed by atoms with E-state index in [1.807, 2.05) is 0 Å². The minimum absolute atomic E-state index is 0.320. The van der Waals surface area contributed by atoms with Crippen molar-refractivity contribution in [2.75, 3.05) is 4.90 Å². The molecule has 9 aromatic carbocycles. The molecular weight excluding hydrogens is 665 g/mol. The van der Waals surface area contributed by atoms with Gasteiger partial charge in [0.2, 0.25) is 0 Å². The predicted molar refractivity (Wildman–Crippen MR) is 229 cm³/mol. The number of nitrogens with zero attached hydrogens (tertiary/aromatic N) is 2. The van der Waals surface area contributed by atoms with Gasteiger partial charge in [0.25, 0.3) is 0 Å². The van der Waals surface area contributed by atoms with Crippen molar-refractivity contribution in [3.63, 3.8) is 0 Å². The summed E-state index contributed by atoms with van der Waals surface area (Å²) in [5, 5.41) is 5.19. The molecule has 2 heteroatoms. The van der Waals surface area contributed by atoms with Crippen LogP contribution in [0.1, 0.15) is 22.3 Å². The van der Waals surface area contributed by atoms with Crippen LogP contribution in [0, 0.1) is 0 Å². The molecular formula is C53H34N2. The average Bonchev–Trinajstić information content (AvgIpc) is 3.75. The number of benzene rings is 9. The van der Waals surface area contributed by atoms with Gasteiger partial charge < -0.3 is 9.47 Å². The van der Waals surface area contributed by atoms with E-state index in [9.17, 15) is 0 Å². The van der Waals surface area contributed by atoms with Gasteiger partial charge in [0.15, 0.2) is 0 Å². The van der Waals surface area contributed by atoms with E-state index in [0.717, 1.165) is 22.7 Å². The van der Waals surface area contributed by atoms with E-state index >= 15 is 0 Å². The van der Waals surface area contributed by atoms with Crippen molar-refractivity contribution >= 4 is 49.6 Å². The van der Waals surface area contributed by atoms with E-state index in [0.29, 0.717) is 0 Å². The quantitative estimate of drug-likeness (QED) is 0.174. The van der Waals surface area contributed by atoms with Gasteiger partial charge in [0, 0.05) is 33.5 Å². The maximum Gasteiger partial charge on any atom is 0.0726 e. The lowest BCUT2D eigenvalue weighted by molar-refractivity contribution is 0.745. The van der Waals surface area contributed by atoms with Crippen molar-refractivity contribution in [2.24, 2.45) is 0 Å². The van der Waals surface area contributed by atoms with Gasteiger partial charge in [0.05, 0.1) is 16.4 Å². The molecule has 2 aliphatic rings. The number of hydrogen-bond donors (Lipinski definition) is 0. The fraction of sp³-hybridized carbons (Fsp3) is 0.0189. The van der Waals surface area contributed by atoms with Crippen LogP contribution in [0.25, 0.3) is 60.5 Å². The lowest BCUT2D eigenvalue weighted by Crippen LogP contribution is -2.36. The molecule has 0 radical (unpaired) electrons. The van der Waals surface area contributed by atoms with E-state index < -0.39 is 0 Å². The minimum Gasteiger partial charge on any atom is -0.310 e. The summed E-state index contributed by atoms with van der Waals surface area (Å²) in [7, 11) is 0. The molecule has 0 fully saturated rings. The van der Waals surface area contributed by atoms with Gasteiger partial charge in [-0.3, -0.25) is 0 Å². The van der Waals surface area contributed by atoms with Crippen LogP contribution in [0.15, 0.2) is 206 Å². The molecule has 12 rings (SSSR count). The maximum absolute atomic E-state index is 2.48. The van der Waals surface area contributed by atoms with E-state index in [2.05, 4.69) is 216 Å². The molecule has 55 heavy (non-hydrogen) atoms. The van der Waals surface area contributed by atoms with Crippen LogP contribution in [0.4, 0.5) is 17.1 Å².